The Morgan fingerprint density at radius 3 is 2.04 bits per heavy atom. The molecular weight excluding hydrogens is 380 g/mol. The van der Waals surface area contributed by atoms with E-state index in [1.54, 1.807) is 19.1 Å². The molecule has 134 valence electrons. The Hall–Kier alpha value is -2.71. The third-order valence-electron chi connectivity index (χ3n) is 3.79. The van der Waals surface area contributed by atoms with E-state index in [-0.39, 0.29) is 14.9 Å². The predicted molar refractivity (Wildman–Crippen MR) is 94.2 cm³/mol. The number of hydrogen-bond donors (Lipinski definition) is 0. The summed E-state index contributed by atoms with van der Waals surface area (Å²) in [6.45, 7) is 1.77. The number of halogens is 1. The Bertz CT molecular complexity index is 1000. The Morgan fingerprint density at radius 2 is 1.46 bits per heavy atom. The van der Waals surface area contributed by atoms with Gasteiger partial charge in [-0.25, -0.2) is 18.1 Å². The fourth-order valence-corrected chi connectivity index (χ4v) is 3.92. The van der Waals surface area contributed by atoms with Gasteiger partial charge in [-0.15, -0.1) is 0 Å². The Balaban J connectivity index is 2.05. The van der Waals surface area contributed by atoms with E-state index in [0.29, 0.717) is 9.92 Å². The van der Waals surface area contributed by atoms with Crippen LogP contribution in [0.15, 0.2) is 53.4 Å². The Morgan fingerprint density at radius 1 is 0.885 bits per heavy atom. The van der Waals surface area contributed by atoms with Gasteiger partial charge in [0.25, 0.3) is 15.9 Å². The van der Waals surface area contributed by atoms with Crippen LogP contribution in [0.3, 0.4) is 0 Å². The summed E-state index contributed by atoms with van der Waals surface area (Å²) in [5.41, 5.74) is 0.944. The SMILES string of the molecule is Cc1ccc(S(=O)(=O)N2C(=O)CC(=O)N(c3ccc(Cl)cc3)C2=O)cc1. The first-order valence-corrected chi connectivity index (χ1v) is 9.31. The van der Waals surface area contributed by atoms with Crippen molar-refractivity contribution in [1.29, 1.82) is 0 Å². The van der Waals surface area contributed by atoms with Gasteiger partial charge in [0.05, 0.1) is 10.6 Å². The largest absolute Gasteiger partial charge is 0.352 e. The van der Waals surface area contributed by atoms with E-state index in [2.05, 4.69) is 0 Å². The molecule has 1 saturated heterocycles. The lowest BCUT2D eigenvalue weighted by Gasteiger charge is -2.31. The summed E-state index contributed by atoms with van der Waals surface area (Å²) in [7, 11) is -4.44. The molecular formula is C17H13ClN2O5S. The van der Waals surface area contributed by atoms with Crippen LogP contribution in [0.4, 0.5) is 10.5 Å². The highest BCUT2D eigenvalue weighted by Crippen LogP contribution is 2.27. The van der Waals surface area contributed by atoms with Gasteiger partial charge in [-0.3, -0.25) is 9.59 Å². The molecule has 3 rings (SSSR count). The number of benzene rings is 2. The number of sulfonamides is 1. The van der Waals surface area contributed by atoms with Crippen LogP contribution in [0, 0.1) is 6.92 Å². The van der Waals surface area contributed by atoms with Crippen molar-refractivity contribution in [1.82, 2.24) is 4.31 Å². The van der Waals surface area contributed by atoms with Gasteiger partial charge < -0.3 is 0 Å². The average molecular weight is 393 g/mol. The van der Waals surface area contributed by atoms with Crippen molar-refractivity contribution in [2.45, 2.75) is 18.2 Å². The Labute approximate surface area is 154 Å². The van der Waals surface area contributed by atoms with E-state index < -0.39 is 34.3 Å². The van der Waals surface area contributed by atoms with Crippen LogP contribution in [-0.4, -0.2) is 30.6 Å². The first-order chi connectivity index (χ1) is 12.2. The zero-order valence-electron chi connectivity index (χ0n) is 13.5. The summed E-state index contributed by atoms with van der Waals surface area (Å²) < 4.78 is 25.7. The van der Waals surface area contributed by atoms with Crippen LogP contribution in [-0.2, 0) is 19.6 Å². The number of aryl methyl sites for hydroxylation is 1. The van der Waals surface area contributed by atoms with Crippen LogP contribution in [0.1, 0.15) is 12.0 Å². The molecule has 1 fully saturated rings. The monoisotopic (exact) mass is 392 g/mol. The minimum absolute atomic E-state index is 0.126. The van der Waals surface area contributed by atoms with Crippen LogP contribution in [0.5, 0.6) is 0 Å². The molecule has 0 radical (unpaired) electrons. The van der Waals surface area contributed by atoms with E-state index in [1.807, 2.05) is 0 Å². The number of carbonyl (C=O) groups is 3. The van der Waals surface area contributed by atoms with E-state index in [1.165, 1.54) is 36.4 Å². The fourth-order valence-electron chi connectivity index (χ4n) is 2.48. The number of barbiturate groups is 1. The predicted octanol–water partition coefficient (Wildman–Crippen LogP) is 2.72. The molecule has 0 atom stereocenters. The number of anilines is 1. The van der Waals surface area contributed by atoms with Crippen molar-refractivity contribution < 1.29 is 22.8 Å². The second-order valence-electron chi connectivity index (χ2n) is 5.64. The van der Waals surface area contributed by atoms with Gasteiger partial charge in [0.15, 0.2) is 0 Å². The van der Waals surface area contributed by atoms with E-state index in [0.717, 1.165) is 5.56 Å². The molecule has 7 nitrogen and oxygen atoms in total. The van der Waals surface area contributed by atoms with Gasteiger partial charge in [-0.05, 0) is 43.3 Å². The summed E-state index contributed by atoms with van der Waals surface area (Å²) in [6.07, 6.45) is -0.737. The minimum Gasteiger partial charge on any atom is -0.273 e. The van der Waals surface area contributed by atoms with Crippen LogP contribution in [0.2, 0.25) is 5.02 Å². The first kappa shape index (κ1) is 18.1. The number of nitrogens with zero attached hydrogens (tertiary/aromatic N) is 2. The van der Waals surface area contributed by atoms with Gasteiger partial charge >= 0.3 is 6.03 Å². The van der Waals surface area contributed by atoms with Gasteiger partial charge in [-0.1, -0.05) is 29.3 Å². The van der Waals surface area contributed by atoms with Gasteiger partial charge in [-0.2, -0.15) is 4.31 Å². The molecule has 0 aromatic heterocycles. The molecule has 1 aliphatic heterocycles. The number of imide groups is 2. The molecule has 0 bridgehead atoms. The lowest BCUT2D eigenvalue weighted by molar-refractivity contribution is -0.131. The maximum atomic E-state index is 12.8. The minimum atomic E-state index is -4.44. The fraction of sp³-hybridized carbons (Fsp3) is 0.118. The van der Waals surface area contributed by atoms with Crippen LogP contribution >= 0.6 is 11.6 Å². The summed E-state index contributed by atoms with van der Waals surface area (Å²) in [4.78, 5) is 37.5. The zero-order chi connectivity index (χ0) is 19.1. The Kier molecular flexibility index (Phi) is 4.55. The maximum Gasteiger partial charge on any atom is 0.352 e. The number of carbonyl (C=O) groups excluding carboxylic acids is 3. The standard InChI is InChI=1S/C17H13ClN2O5S/c1-11-2-8-14(9-3-11)26(24,25)20-16(22)10-15(21)19(17(20)23)13-6-4-12(18)5-7-13/h2-9H,10H2,1H3. The highest BCUT2D eigenvalue weighted by Gasteiger charge is 2.45. The third kappa shape index (κ3) is 3.09. The molecule has 1 aliphatic rings. The van der Waals surface area contributed by atoms with Crippen molar-refractivity contribution in [2.24, 2.45) is 0 Å². The van der Waals surface area contributed by atoms with Crippen molar-refractivity contribution >= 4 is 45.2 Å². The van der Waals surface area contributed by atoms with Crippen LogP contribution < -0.4 is 4.90 Å². The number of amides is 4. The lowest BCUT2D eigenvalue weighted by atomic mass is 10.2. The summed E-state index contributed by atoms with van der Waals surface area (Å²) in [6, 6.07) is 10.1. The average Bonchev–Trinajstić information content (AvgIpc) is 2.56. The molecule has 26 heavy (non-hydrogen) atoms. The third-order valence-corrected chi connectivity index (χ3v) is 5.75. The quantitative estimate of drug-likeness (QED) is 0.749. The van der Waals surface area contributed by atoms with E-state index in [9.17, 15) is 22.8 Å². The summed E-state index contributed by atoms with van der Waals surface area (Å²) in [5, 5.41) is 0.380. The molecule has 0 unspecified atom stereocenters. The number of rotatable bonds is 3. The van der Waals surface area contributed by atoms with Crippen molar-refractivity contribution in [3.05, 3.63) is 59.1 Å². The van der Waals surface area contributed by atoms with Gasteiger partial charge in [0, 0.05) is 5.02 Å². The summed E-state index contributed by atoms with van der Waals surface area (Å²) >= 11 is 5.79. The molecule has 0 aliphatic carbocycles. The van der Waals surface area contributed by atoms with Gasteiger partial charge in [0.2, 0.25) is 5.91 Å². The molecule has 2 aromatic carbocycles. The molecule has 1 heterocycles. The summed E-state index contributed by atoms with van der Waals surface area (Å²) in [5.74, 6) is -1.90. The molecule has 2 aromatic rings. The molecule has 0 N–H and O–H groups in total. The molecule has 0 spiro atoms. The van der Waals surface area contributed by atoms with E-state index >= 15 is 0 Å². The van der Waals surface area contributed by atoms with Crippen LogP contribution in [0.25, 0.3) is 0 Å². The smallest absolute Gasteiger partial charge is 0.273 e. The number of urea groups is 1. The highest BCUT2D eigenvalue weighted by atomic mass is 35.5. The molecule has 9 heteroatoms. The van der Waals surface area contributed by atoms with E-state index in [4.69, 9.17) is 11.6 Å². The topological polar surface area (TPSA) is 91.8 Å². The normalized spacial score (nSPS) is 15.5. The van der Waals surface area contributed by atoms with Crippen molar-refractivity contribution in [2.75, 3.05) is 4.90 Å². The van der Waals surface area contributed by atoms with Crippen molar-refractivity contribution in [3.63, 3.8) is 0 Å². The zero-order valence-corrected chi connectivity index (χ0v) is 15.1. The second-order valence-corrected chi connectivity index (χ2v) is 7.86. The van der Waals surface area contributed by atoms with Crippen molar-refractivity contribution in [3.8, 4) is 0 Å². The molecule has 0 saturated carbocycles. The first-order valence-electron chi connectivity index (χ1n) is 7.49. The maximum absolute atomic E-state index is 12.8. The number of hydrogen-bond acceptors (Lipinski definition) is 5. The highest BCUT2D eigenvalue weighted by molar-refractivity contribution is 7.90. The second kappa shape index (κ2) is 6.54. The molecule has 4 amide bonds. The lowest BCUT2D eigenvalue weighted by Crippen LogP contribution is -2.57. The van der Waals surface area contributed by atoms with Gasteiger partial charge in [0.1, 0.15) is 6.42 Å².